The molecule has 0 unspecified atom stereocenters. The number of hydrogen-bond acceptors (Lipinski definition) is 5. The summed E-state index contributed by atoms with van der Waals surface area (Å²) in [5.41, 5.74) is 6.86. The van der Waals surface area contributed by atoms with Crippen molar-refractivity contribution < 1.29 is 0 Å². The standard InChI is InChI=1S/C12H18N6/c1-3-4-9-11(13)16-8-17-12(9)15-7-10-14-5-6-18(10)2/h5-6,8H,3-4,7H2,1-2H3,(H3,13,15,16,17). The molecule has 0 amide bonds. The summed E-state index contributed by atoms with van der Waals surface area (Å²) in [7, 11) is 1.96. The summed E-state index contributed by atoms with van der Waals surface area (Å²) in [6.07, 6.45) is 7.05. The summed E-state index contributed by atoms with van der Waals surface area (Å²) in [6.45, 7) is 2.73. The Balaban J connectivity index is 2.14. The molecule has 0 bridgehead atoms. The van der Waals surface area contributed by atoms with E-state index in [2.05, 4.69) is 27.2 Å². The van der Waals surface area contributed by atoms with Crippen molar-refractivity contribution in [2.24, 2.45) is 7.05 Å². The van der Waals surface area contributed by atoms with E-state index < -0.39 is 0 Å². The molecular weight excluding hydrogens is 228 g/mol. The third-order valence-corrected chi connectivity index (χ3v) is 2.81. The highest BCUT2D eigenvalue weighted by Gasteiger charge is 2.08. The van der Waals surface area contributed by atoms with Crippen LogP contribution in [0.4, 0.5) is 11.6 Å². The summed E-state index contributed by atoms with van der Waals surface area (Å²) in [6, 6.07) is 0. The lowest BCUT2D eigenvalue weighted by Gasteiger charge is -2.11. The van der Waals surface area contributed by atoms with Gasteiger partial charge in [0.1, 0.15) is 23.8 Å². The monoisotopic (exact) mass is 246 g/mol. The lowest BCUT2D eigenvalue weighted by Crippen LogP contribution is -2.10. The number of nitrogen functional groups attached to an aromatic ring is 1. The van der Waals surface area contributed by atoms with Crippen LogP contribution in [0.15, 0.2) is 18.7 Å². The Morgan fingerprint density at radius 2 is 2.17 bits per heavy atom. The van der Waals surface area contributed by atoms with Gasteiger partial charge in [0.15, 0.2) is 0 Å². The number of imidazole rings is 1. The van der Waals surface area contributed by atoms with E-state index in [4.69, 9.17) is 5.73 Å². The van der Waals surface area contributed by atoms with Crippen LogP contribution in [0.3, 0.4) is 0 Å². The highest BCUT2D eigenvalue weighted by molar-refractivity contribution is 5.54. The van der Waals surface area contributed by atoms with Crippen molar-refractivity contribution in [1.29, 1.82) is 0 Å². The van der Waals surface area contributed by atoms with E-state index in [1.54, 1.807) is 6.20 Å². The summed E-state index contributed by atoms with van der Waals surface area (Å²) in [5.74, 6) is 2.30. The van der Waals surface area contributed by atoms with Gasteiger partial charge in [-0.05, 0) is 6.42 Å². The number of nitrogens with two attached hydrogens (primary N) is 1. The van der Waals surface area contributed by atoms with Gasteiger partial charge in [-0.2, -0.15) is 0 Å². The molecule has 0 aliphatic carbocycles. The number of anilines is 2. The zero-order valence-corrected chi connectivity index (χ0v) is 10.7. The predicted molar refractivity (Wildman–Crippen MR) is 71.0 cm³/mol. The first kappa shape index (κ1) is 12.3. The Bertz CT molecular complexity index is 519. The first-order chi connectivity index (χ1) is 8.72. The van der Waals surface area contributed by atoms with Gasteiger partial charge in [0, 0.05) is 25.0 Å². The van der Waals surface area contributed by atoms with Crippen molar-refractivity contribution >= 4 is 11.6 Å². The van der Waals surface area contributed by atoms with Crippen LogP contribution in [0.5, 0.6) is 0 Å². The summed E-state index contributed by atoms with van der Waals surface area (Å²) >= 11 is 0. The highest BCUT2D eigenvalue weighted by Crippen LogP contribution is 2.19. The highest BCUT2D eigenvalue weighted by atomic mass is 15.1. The van der Waals surface area contributed by atoms with Crippen molar-refractivity contribution in [3.05, 3.63) is 30.1 Å². The fourth-order valence-corrected chi connectivity index (χ4v) is 1.80. The lowest BCUT2D eigenvalue weighted by atomic mass is 10.1. The van der Waals surface area contributed by atoms with Crippen LogP contribution in [0, 0.1) is 0 Å². The minimum Gasteiger partial charge on any atom is -0.383 e. The van der Waals surface area contributed by atoms with Gasteiger partial charge in [-0.3, -0.25) is 0 Å². The molecule has 3 N–H and O–H groups in total. The molecule has 2 aromatic heterocycles. The maximum absolute atomic E-state index is 5.87. The molecule has 0 fully saturated rings. The maximum Gasteiger partial charge on any atom is 0.135 e. The third-order valence-electron chi connectivity index (χ3n) is 2.81. The molecule has 6 nitrogen and oxygen atoms in total. The smallest absolute Gasteiger partial charge is 0.135 e. The molecule has 0 spiro atoms. The quantitative estimate of drug-likeness (QED) is 0.832. The van der Waals surface area contributed by atoms with Gasteiger partial charge in [0.25, 0.3) is 0 Å². The van der Waals surface area contributed by atoms with E-state index in [0.29, 0.717) is 12.4 Å². The van der Waals surface area contributed by atoms with E-state index in [1.807, 2.05) is 17.8 Å². The first-order valence-corrected chi connectivity index (χ1v) is 6.01. The first-order valence-electron chi connectivity index (χ1n) is 6.01. The minimum absolute atomic E-state index is 0.550. The van der Waals surface area contributed by atoms with Crippen LogP contribution in [0.25, 0.3) is 0 Å². The molecule has 0 aromatic carbocycles. The van der Waals surface area contributed by atoms with Gasteiger partial charge in [0.2, 0.25) is 0 Å². The molecule has 18 heavy (non-hydrogen) atoms. The van der Waals surface area contributed by atoms with Gasteiger partial charge in [-0.1, -0.05) is 13.3 Å². The minimum atomic E-state index is 0.550. The Hall–Kier alpha value is -2.11. The summed E-state index contributed by atoms with van der Waals surface area (Å²) < 4.78 is 1.97. The van der Waals surface area contributed by atoms with Crippen LogP contribution < -0.4 is 11.1 Å². The topological polar surface area (TPSA) is 81.7 Å². The predicted octanol–water partition coefficient (Wildman–Crippen LogP) is 1.36. The third kappa shape index (κ3) is 2.58. The largest absolute Gasteiger partial charge is 0.383 e. The number of aryl methyl sites for hydroxylation is 1. The molecule has 0 atom stereocenters. The molecule has 2 rings (SSSR count). The molecule has 2 heterocycles. The number of hydrogen-bond donors (Lipinski definition) is 2. The van der Waals surface area contributed by atoms with E-state index in [1.165, 1.54) is 6.33 Å². The van der Waals surface area contributed by atoms with Gasteiger partial charge >= 0.3 is 0 Å². The van der Waals surface area contributed by atoms with Crippen molar-refractivity contribution in [1.82, 2.24) is 19.5 Å². The molecule has 6 heteroatoms. The average molecular weight is 246 g/mol. The molecule has 0 aliphatic heterocycles. The molecular formula is C12H18N6. The lowest BCUT2D eigenvalue weighted by molar-refractivity contribution is 0.807. The van der Waals surface area contributed by atoms with Crippen molar-refractivity contribution in [2.75, 3.05) is 11.1 Å². The second kappa shape index (κ2) is 5.48. The van der Waals surface area contributed by atoms with Crippen LogP contribution >= 0.6 is 0 Å². The van der Waals surface area contributed by atoms with Crippen molar-refractivity contribution in [3.8, 4) is 0 Å². The number of nitrogens with zero attached hydrogens (tertiary/aromatic N) is 4. The van der Waals surface area contributed by atoms with Crippen molar-refractivity contribution in [2.45, 2.75) is 26.3 Å². The number of rotatable bonds is 5. The fraction of sp³-hybridized carbons (Fsp3) is 0.417. The Morgan fingerprint density at radius 1 is 1.33 bits per heavy atom. The molecule has 2 aromatic rings. The van der Waals surface area contributed by atoms with Gasteiger partial charge in [0.05, 0.1) is 6.54 Å². The second-order valence-electron chi connectivity index (χ2n) is 4.14. The van der Waals surface area contributed by atoms with Crippen LogP contribution in [-0.4, -0.2) is 19.5 Å². The average Bonchev–Trinajstić information content (AvgIpc) is 2.76. The zero-order valence-electron chi connectivity index (χ0n) is 10.7. The molecule has 0 aliphatic rings. The summed E-state index contributed by atoms with van der Waals surface area (Å²) in [5, 5.41) is 3.27. The van der Waals surface area contributed by atoms with Gasteiger partial charge in [-0.15, -0.1) is 0 Å². The number of nitrogens with one attached hydrogen (secondary N) is 1. The Morgan fingerprint density at radius 3 is 2.83 bits per heavy atom. The summed E-state index contributed by atoms with van der Waals surface area (Å²) in [4.78, 5) is 12.5. The number of aromatic nitrogens is 4. The van der Waals surface area contributed by atoms with E-state index in [9.17, 15) is 0 Å². The van der Waals surface area contributed by atoms with Crippen LogP contribution in [-0.2, 0) is 20.0 Å². The second-order valence-corrected chi connectivity index (χ2v) is 4.14. The fourth-order valence-electron chi connectivity index (χ4n) is 1.80. The van der Waals surface area contributed by atoms with Crippen LogP contribution in [0.2, 0.25) is 0 Å². The zero-order chi connectivity index (χ0) is 13.0. The Kier molecular flexibility index (Phi) is 3.76. The Labute approximate surface area is 106 Å². The molecule has 0 saturated heterocycles. The SMILES string of the molecule is CCCc1c(N)ncnc1NCc1nccn1C. The van der Waals surface area contributed by atoms with E-state index >= 15 is 0 Å². The molecule has 0 saturated carbocycles. The van der Waals surface area contributed by atoms with E-state index in [0.717, 1.165) is 30.0 Å². The van der Waals surface area contributed by atoms with Gasteiger partial charge in [-0.25, -0.2) is 15.0 Å². The van der Waals surface area contributed by atoms with Crippen molar-refractivity contribution in [3.63, 3.8) is 0 Å². The van der Waals surface area contributed by atoms with Crippen LogP contribution in [0.1, 0.15) is 24.7 Å². The van der Waals surface area contributed by atoms with Gasteiger partial charge < -0.3 is 15.6 Å². The molecule has 0 radical (unpaired) electrons. The van der Waals surface area contributed by atoms with E-state index in [-0.39, 0.29) is 0 Å². The maximum atomic E-state index is 5.87. The molecule has 96 valence electrons. The normalized spacial score (nSPS) is 10.6.